The number of carbonyl (C=O) groups excluding carboxylic acids is 2. The molecule has 94 valence electrons. The fourth-order valence-electron chi connectivity index (χ4n) is 1.47. The molecule has 1 aromatic heterocycles. The van der Waals surface area contributed by atoms with Crippen LogP contribution in [0, 0.1) is 6.92 Å². The third kappa shape index (κ3) is 2.84. The molecule has 2 heterocycles. The van der Waals surface area contributed by atoms with Crippen molar-refractivity contribution in [3.05, 3.63) is 23.0 Å². The second kappa shape index (κ2) is 5.14. The number of aryl methyl sites for hydroxylation is 1. The summed E-state index contributed by atoms with van der Waals surface area (Å²) in [5.74, 6) is -0.578. The molecule has 18 heavy (non-hydrogen) atoms. The Hall–Kier alpha value is -1.95. The molecule has 2 N–H and O–H groups in total. The number of anilines is 1. The van der Waals surface area contributed by atoms with Crippen LogP contribution in [-0.4, -0.2) is 22.5 Å². The summed E-state index contributed by atoms with van der Waals surface area (Å²) in [6, 6.07) is 1.72. The molecule has 0 spiro atoms. The van der Waals surface area contributed by atoms with Crippen molar-refractivity contribution in [1.29, 1.82) is 0 Å². The Morgan fingerprint density at radius 2 is 2.28 bits per heavy atom. The summed E-state index contributed by atoms with van der Waals surface area (Å²) < 4.78 is 0. The Balaban J connectivity index is 2.12. The van der Waals surface area contributed by atoms with E-state index in [1.165, 1.54) is 0 Å². The lowest BCUT2D eigenvalue weighted by atomic mass is 10.1. The number of carbonyl (C=O) groups is 2. The Morgan fingerprint density at radius 1 is 1.50 bits per heavy atom. The average Bonchev–Trinajstić information content (AvgIpc) is 2.34. The molecule has 1 aromatic rings. The van der Waals surface area contributed by atoms with Gasteiger partial charge >= 0.3 is 0 Å². The number of hydrazone groups is 1. The SMILES string of the molecule is Cc1cnc(Cl)c(NC(=O)C2=NNC(=O)CC2)c1. The highest BCUT2D eigenvalue weighted by Gasteiger charge is 2.19. The quantitative estimate of drug-likeness (QED) is 0.790. The van der Waals surface area contributed by atoms with E-state index in [1.807, 2.05) is 6.92 Å². The molecule has 2 amide bonds. The molecular formula is C11H11ClN4O2. The lowest BCUT2D eigenvalue weighted by Gasteiger charge is -2.12. The number of pyridine rings is 1. The first-order valence-electron chi connectivity index (χ1n) is 5.35. The van der Waals surface area contributed by atoms with E-state index in [0.29, 0.717) is 12.1 Å². The molecule has 0 aliphatic carbocycles. The standard InChI is InChI=1S/C11H11ClN4O2/c1-6-4-8(10(12)13-5-6)14-11(18)7-2-3-9(17)16-15-7/h4-5H,2-3H2,1H3,(H,14,18)(H,16,17). The van der Waals surface area contributed by atoms with Crippen molar-refractivity contribution in [2.24, 2.45) is 5.10 Å². The van der Waals surface area contributed by atoms with Gasteiger partial charge in [-0.25, -0.2) is 10.4 Å². The van der Waals surface area contributed by atoms with Gasteiger partial charge in [0.25, 0.3) is 5.91 Å². The second-order valence-corrected chi connectivity index (χ2v) is 4.26. The smallest absolute Gasteiger partial charge is 0.271 e. The van der Waals surface area contributed by atoms with Crippen molar-refractivity contribution < 1.29 is 9.59 Å². The van der Waals surface area contributed by atoms with Crippen molar-refractivity contribution in [3.8, 4) is 0 Å². The highest BCUT2D eigenvalue weighted by Crippen LogP contribution is 2.20. The molecule has 1 aliphatic heterocycles. The first kappa shape index (κ1) is 12.5. The third-order valence-electron chi connectivity index (χ3n) is 2.39. The molecular weight excluding hydrogens is 256 g/mol. The van der Waals surface area contributed by atoms with Crippen LogP contribution >= 0.6 is 11.6 Å². The van der Waals surface area contributed by atoms with E-state index < -0.39 is 0 Å². The number of hydrogen-bond donors (Lipinski definition) is 2. The molecule has 0 atom stereocenters. The van der Waals surface area contributed by atoms with Gasteiger partial charge in [0.05, 0.1) is 5.69 Å². The van der Waals surface area contributed by atoms with Gasteiger partial charge in [-0.2, -0.15) is 5.10 Å². The molecule has 0 saturated heterocycles. The van der Waals surface area contributed by atoms with E-state index in [2.05, 4.69) is 20.8 Å². The minimum atomic E-state index is -0.385. The molecule has 0 unspecified atom stereocenters. The van der Waals surface area contributed by atoms with E-state index in [4.69, 9.17) is 11.6 Å². The van der Waals surface area contributed by atoms with Crippen molar-refractivity contribution >= 4 is 34.8 Å². The molecule has 0 radical (unpaired) electrons. The minimum Gasteiger partial charge on any atom is -0.318 e. The second-order valence-electron chi connectivity index (χ2n) is 3.90. The van der Waals surface area contributed by atoms with Crippen LogP contribution in [0.2, 0.25) is 5.15 Å². The molecule has 0 fully saturated rings. The van der Waals surface area contributed by atoms with Crippen LogP contribution in [0.5, 0.6) is 0 Å². The van der Waals surface area contributed by atoms with Crippen LogP contribution in [-0.2, 0) is 9.59 Å². The molecule has 0 aromatic carbocycles. The Bertz CT molecular complexity index is 542. The zero-order chi connectivity index (χ0) is 13.1. The highest BCUT2D eigenvalue weighted by molar-refractivity contribution is 6.44. The van der Waals surface area contributed by atoms with Crippen LogP contribution in [0.25, 0.3) is 0 Å². The molecule has 1 aliphatic rings. The third-order valence-corrected chi connectivity index (χ3v) is 2.69. The summed E-state index contributed by atoms with van der Waals surface area (Å²) in [5, 5.41) is 6.54. The lowest BCUT2D eigenvalue weighted by molar-refractivity contribution is -0.121. The molecule has 6 nitrogen and oxygen atoms in total. The Labute approximate surface area is 108 Å². The highest BCUT2D eigenvalue weighted by atomic mass is 35.5. The zero-order valence-electron chi connectivity index (χ0n) is 9.66. The predicted octanol–water partition coefficient (Wildman–Crippen LogP) is 1.25. The number of nitrogens with one attached hydrogen (secondary N) is 2. The van der Waals surface area contributed by atoms with Crippen LogP contribution in [0.4, 0.5) is 5.69 Å². The Kier molecular flexibility index (Phi) is 3.57. The zero-order valence-corrected chi connectivity index (χ0v) is 10.4. The van der Waals surface area contributed by atoms with E-state index >= 15 is 0 Å². The maximum atomic E-state index is 11.9. The van der Waals surface area contributed by atoms with Crippen molar-refractivity contribution in [1.82, 2.24) is 10.4 Å². The van der Waals surface area contributed by atoms with Gasteiger partial charge in [-0.15, -0.1) is 0 Å². The lowest BCUT2D eigenvalue weighted by Crippen LogP contribution is -2.32. The maximum Gasteiger partial charge on any atom is 0.271 e. The first-order valence-corrected chi connectivity index (χ1v) is 5.73. The molecule has 2 rings (SSSR count). The fourth-order valence-corrected chi connectivity index (χ4v) is 1.62. The molecule has 0 saturated carbocycles. The average molecular weight is 267 g/mol. The van der Waals surface area contributed by atoms with E-state index in [-0.39, 0.29) is 29.1 Å². The van der Waals surface area contributed by atoms with Gasteiger partial charge < -0.3 is 5.32 Å². The molecule has 0 bridgehead atoms. The predicted molar refractivity (Wildman–Crippen MR) is 67.4 cm³/mol. The largest absolute Gasteiger partial charge is 0.318 e. The first-order chi connectivity index (χ1) is 8.56. The van der Waals surface area contributed by atoms with Gasteiger partial charge in [0, 0.05) is 19.0 Å². The number of amides is 2. The van der Waals surface area contributed by atoms with Crippen LogP contribution in [0.15, 0.2) is 17.4 Å². The van der Waals surface area contributed by atoms with E-state index in [9.17, 15) is 9.59 Å². The summed E-state index contributed by atoms with van der Waals surface area (Å²) in [5.41, 5.74) is 3.85. The van der Waals surface area contributed by atoms with Crippen LogP contribution in [0.3, 0.4) is 0 Å². The summed E-state index contributed by atoms with van der Waals surface area (Å²) in [7, 11) is 0. The van der Waals surface area contributed by atoms with Gasteiger partial charge in [-0.1, -0.05) is 11.6 Å². The van der Waals surface area contributed by atoms with E-state index in [0.717, 1.165) is 5.56 Å². The number of aromatic nitrogens is 1. The van der Waals surface area contributed by atoms with E-state index in [1.54, 1.807) is 12.3 Å². The fraction of sp³-hybridized carbons (Fsp3) is 0.273. The van der Waals surface area contributed by atoms with Gasteiger partial charge in [0.2, 0.25) is 5.91 Å². The number of hydrogen-bond acceptors (Lipinski definition) is 4. The number of rotatable bonds is 2. The normalized spacial score (nSPS) is 14.8. The monoisotopic (exact) mass is 266 g/mol. The van der Waals surface area contributed by atoms with Gasteiger partial charge in [-0.3, -0.25) is 9.59 Å². The summed E-state index contributed by atoms with van der Waals surface area (Å²) in [4.78, 5) is 26.7. The van der Waals surface area contributed by atoms with Crippen LogP contribution in [0.1, 0.15) is 18.4 Å². The minimum absolute atomic E-state index is 0.193. The molecule has 7 heteroatoms. The van der Waals surface area contributed by atoms with Crippen molar-refractivity contribution in [3.63, 3.8) is 0 Å². The number of halogens is 1. The van der Waals surface area contributed by atoms with Gasteiger partial charge in [0.1, 0.15) is 5.71 Å². The summed E-state index contributed by atoms with van der Waals surface area (Å²) >= 11 is 5.87. The maximum absolute atomic E-state index is 11.9. The van der Waals surface area contributed by atoms with Gasteiger partial charge in [0.15, 0.2) is 5.15 Å². The summed E-state index contributed by atoms with van der Waals surface area (Å²) in [6.07, 6.45) is 2.18. The van der Waals surface area contributed by atoms with Crippen molar-refractivity contribution in [2.45, 2.75) is 19.8 Å². The van der Waals surface area contributed by atoms with Crippen LogP contribution < -0.4 is 10.7 Å². The topological polar surface area (TPSA) is 83.4 Å². The summed E-state index contributed by atoms with van der Waals surface area (Å²) in [6.45, 7) is 1.84. The Morgan fingerprint density at radius 3 is 2.94 bits per heavy atom. The number of nitrogens with zero attached hydrogens (tertiary/aromatic N) is 2. The van der Waals surface area contributed by atoms with Crippen molar-refractivity contribution in [2.75, 3.05) is 5.32 Å². The van der Waals surface area contributed by atoms with Gasteiger partial charge in [-0.05, 0) is 18.6 Å².